The highest BCUT2D eigenvalue weighted by Gasteiger charge is 2.28. The third kappa shape index (κ3) is 1.26. The van der Waals surface area contributed by atoms with E-state index < -0.39 is 5.82 Å². The fourth-order valence-electron chi connectivity index (χ4n) is 1.49. The van der Waals surface area contributed by atoms with Gasteiger partial charge in [-0.2, -0.15) is 0 Å². The number of nitrogens with zero attached hydrogens (tertiary/aromatic N) is 2. The summed E-state index contributed by atoms with van der Waals surface area (Å²) in [5.74, 6) is -0.749. The van der Waals surface area contributed by atoms with Crippen molar-refractivity contribution in [1.82, 2.24) is 9.88 Å². The quantitative estimate of drug-likeness (QED) is 0.669. The van der Waals surface area contributed by atoms with Gasteiger partial charge in [-0.05, 0) is 13.0 Å². The Bertz CT molecular complexity index is 408. The Hall–Kier alpha value is -1.16. The zero-order chi connectivity index (χ0) is 10.3. The monoisotopic (exact) mass is 214 g/mol. The normalized spacial score (nSPS) is 14.8. The minimum atomic E-state index is -0.573. The molecule has 0 radical (unpaired) electrons. The van der Waals surface area contributed by atoms with Crippen molar-refractivity contribution in [1.29, 1.82) is 0 Å². The number of halogens is 2. The van der Waals surface area contributed by atoms with Crippen LogP contribution < -0.4 is 0 Å². The Morgan fingerprint density at radius 2 is 2.43 bits per heavy atom. The van der Waals surface area contributed by atoms with Crippen LogP contribution in [0.3, 0.4) is 0 Å². The van der Waals surface area contributed by atoms with E-state index in [0.717, 1.165) is 0 Å². The van der Waals surface area contributed by atoms with Crippen molar-refractivity contribution in [3.8, 4) is 0 Å². The third-order valence-corrected chi connectivity index (χ3v) is 2.51. The number of aromatic nitrogens is 1. The van der Waals surface area contributed by atoms with Gasteiger partial charge in [-0.1, -0.05) is 11.6 Å². The molecule has 0 atom stereocenters. The van der Waals surface area contributed by atoms with E-state index in [0.29, 0.717) is 18.7 Å². The van der Waals surface area contributed by atoms with E-state index >= 15 is 0 Å². The van der Waals surface area contributed by atoms with Crippen molar-refractivity contribution >= 4 is 17.5 Å². The van der Waals surface area contributed by atoms with Gasteiger partial charge in [0, 0.05) is 18.7 Å². The van der Waals surface area contributed by atoms with Gasteiger partial charge in [0.25, 0.3) is 5.91 Å². The average Bonchev–Trinajstić information content (AvgIpc) is 2.45. The van der Waals surface area contributed by atoms with E-state index in [2.05, 4.69) is 4.98 Å². The second-order valence-electron chi connectivity index (χ2n) is 3.09. The molecule has 1 aliphatic heterocycles. The van der Waals surface area contributed by atoms with Crippen LogP contribution >= 0.6 is 11.6 Å². The largest absolute Gasteiger partial charge is 0.333 e. The van der Waals surface area contributed by atoms with Gasteiger partial charge in [0.15, 0.2) is 11.0 Å². The van der Waals surface area contributed by atoms with Gasteiger partial charge in [-0.3, -0.25) is 4.79 Å². The van der Waals surface area contributed by atoms with Gasteiger partial charge in [0.1, 0.15) is 5.69 Å². The average molecular weight is 215 g/mol. The smallest absolute Gasteiger partial charge is 0.273 e. The third-order valence-electron chi connectivity index (χ3n) is 2.24. The molecule has 2 heterocycles. The van der Waals surface area contributed by atoms with Crippen LogP contribution in [0, 0.1) is 5.82 Å². The molecule has 0 bridgehead atoms. The molecule has 0 unspecified atom stereocenters. The van der Waals surface area contributed by atoms with E-state index in [1.165, 1.54) is 6.07 Å². The van der Waals surface area contributed by atoms with E-state index in [-0.39, 0.29) is 16.8 Å². The molecule has 2 rings (SSSR count). The van der Waals surface area contributed by atoms with Crippen LogP contribution in [0.2, 0.25) is 5.15 Å². The van der Waals surface area contributed by atoms with Crippen LogP contribution in [0.1, 0.15) is 23.0 Å². The molecule has 1 aromatic heterocycles. The molecule has 5 heteroatoms. The minimum Gasteiger partial charge on any atom is -0.333 e. The highest BCUT2D eigenvalue weighted by atomic mass is 35.5. The molecule has 1 aliphatic rings. The Balaban J connectivity index is 2.49. The standard InChI is InChI=1S/C9H8ClFN2O/c1-2-13-4-5-3-6(11)8(10)12-7(5)9(13)14/h3H,2,4H2,1H3. The first-order valence-electron chi connectivity index (χ1n) is 4.27. The van der Waals surface area contributed by atoms with Gasteiger partial charge in [-0.25, -0.2) is 9.37 Å². The van der Waals surface area contributed by atoms with E-state index in [9.17, 15) is 9.18 Å². The number of amides is 1. The first-order valence-corrected chi connectivity index (χ1v) is 4.65. The Kier molecular flexibility index (Phi) is 2.15. The van der Waals surface area contributed by atoms with E-state index in [1.54, 1.807) is 4.90 Å². The molecule has 3 nitrogen and oxygen atoms in total. The molecule has 0 aliphatic carbocycles. The van der Waals surface area contributed by atoms with Crippen LogP contribution in [-0.4, -0.2) is 22.3 Å². The lowest BCUT2D eigenvalue weighted by molar-refractivity contribution is 0.0783. The number of fused-ring (bicyclic) bond motifs is 1. The van der Waals surface area contributed by atoms with Gasteiger partial charge >= 0.3 is 0 Å². The molecule has 14 heavy (non-hydrogen) atoms. The van der Waals surface area contributed by atoms with Crippen molar-refractivity contribution in [2.45, 2.75) is 13.5 Å². The molecule has 1 amide bonds. The molecular formula is C9H8ClFN2O. The summed E-state index contributed by atoms with van der Waals surface area (Å²) in [4.78, 5) is 16.9. The van der Waals surface area contributed by atoms with Crippen LogP contribution in [0.5, 0.6) is 0 Å². The predicted octanol–water partition coefficient (Wildman–Crippen LogP) is 1.85. The minimum absolute atomic E-state index is 0.176. The zero-order valence-corrected chi connectivity index (χ0v) is 8.31. The highest BCUT2D eigenvalue weighted by Crippen LogP contribution is 2.24. The number of carbonyl (C=O) groups is 1. The predicted molar refractivity (Wildman–Crippen MR) is 49.6 cm³/mol. The second-order valence-corrected chi connectivity index (χ2v) is 3.45. The van der Waals surface area contributed by atoms with Crippen LogP contribution in [0.15, 0.2) is 6.07 Å². The summed E-state index contributed by atoms with van der Waals surface area (Å²) in [6.45, 7) is 2.88. The van der Waals surface area contributed by atoms with Crippen molar-refractivity contribution in [3.63, 3.8) is 0 Å². The molecule has 0 aromatic carbocycles. The Labute approximate surface area is 85.5 Å². The summed E-state index contributed by atoms with van der Waals surface area (Å²) < 4.78 is 13.0. The van der Waals surface area contributed by atoms with E-state index in [1.807, 2.05) is 6.92 Å². The zero-order valence-electron chi connectivity index (χ0n) is 7.55. The molecule has 74 valence electrons. The maximum Gasteiger partial charge on any atom is 0.273 e. The van der Waals surface area contributed by atoms with Gasteiger partial charge in [0.05, 0.1) is 0 Å². The fourth-order valence-corrected chi connectivity index (χ4v) is 1.63. The molecule has 0 N–H and O–H groups in total. The summed E-state index contributed by atoms with van der Waals surface area (Å²) in [5, 5.41) is -0.241. The fraction of sp³-hybridized carbons (Fsp3) is 0.333. The molecule has 0 fully saturated rings. The maximum atomic E-state index is 13.0. The molecule has 0 spiro atoms. The van der Waals surface area contributed by atoms with Crippen LogP contribution in [0.25, 0.3) is 0 Å². The number of hydrogen-bond donors (Lipinski definition) is 0. The molecule has 0 saturated heterocycles. The second kappa shape index (κ2) is 3.20. The van der Waals surface area contributed by atoms with Gasteiger partial charge in [0.2, 0.25) is 0 Å². The number of pyridine rings is 1. The van der Waals surface area contributed by atoms with Crippen molar-refractivity contribution in [2.75, 3.05) is 6.54 Å². The number of carbonyl (C=O) groups excluding carboxylic acids is 1. The summed E-state index contributed by atoms with van der Waals surface area (Å²) >= 11 is 5.49. The first kappa shape index (κ1) is 9.40. The van der Waals surface area contributed by atoms with Crippen LogP contribution in [-0.2, 0) is 6.54 Å². The summed E-state index contributed by atoms with van der Waals surface area (Å²) in [6, 6.07) is 1.28. The number of rotatable bonds is 1. The van der Waals surface area contributed by atoms with Gasteiger partial charge < -0.3 is 4.90 Å². The topological polar surface area (TPSA) is 33.2 Å². The van der Waals surface area contributed by atoms with Crippen LogP contribution in [0.4, 0.5) is 4.39 Å². The summed E-state index contributed by atoms with van der Waals surface area (Å²) in [6.07, 6.45) is 0. The summed E-state index contributed by atoms with van der Waals surface area (Å²) in [7, 11) is 0. The summed E-state index contributed by atoms with van der Waals surface area (Å²) in [5.41, 5.74) is 0.886. The highest BCUT2D eigenvalue weighted by molar-refractivity contribution is 6.29. The lowest BCUT2D eigenvalue weighted by atomic mass is 10.2. The number of hydrogen-bond acceptors (Lipinski definition) is 2. The Morgan fingerprint density at radius 3 is 3.07 bits per heavy atom. The first-order chi connectivity index (χ1) is 6.63. The Morgan fingerprint density at radius 1 is 1.71 bits per heavy atom. The lowest BCUT2D eigenvalue weighted by Gasteiger charge is -2.10. The van der Waals surface area contributed by atoms with Gasteiger partial charge in [-0.15, -0.1) is 0 Å². The molecule has 1 aromatic rings. The molecule has 0 saturated carbocycles. The van der Waals surface area contributed by atoms with Crippen molar-refractivity contribution in [2.24, 2.45) is 0 Å². The van der Waals surface area contributed by atoms with E-state index in [4.69, 9.17) is 11.6 Å². The van der Waals surface area contributed by atoms with Crippen molar-refractivity contribution < 1.29 is 9.18 Å². The molecular weight excluding hydrogens is 207 g/mol. The van der Waals surface area contributed by atoms with Crippen molar-refractivity contribution in [3.05, 3.63) is 28.3 Å². The lowest BCUT2D eigenvalue weighted by Crippen LogP contribution is -2.23. The maximum absolute atomic E-state index is 13.0. The SMILES string of the molecule is CCN1Cc2cc(F)c(Cl)nc2C1=O.